The van der Waals surface area contributed by atoms with Crippen molar-refractivity contribution in [2.75, 3.05) is 0 Å². The van der Waals surface area contributed by atoms with Crippen LogP contribution in [0.15, 0.2) is 30.9 Å². The summed E-state index contributed by atoms with van der Waals surface area (Å²) in [5.41, 5.74) is 5.80. The Morgan fingerprint density at radius 1 is 1.44 bits per heavy atom. The lowest BCUT2D eigenvalue weighted by molar-refractivity contribution is -0.138. The molecule has 0 saturated carbocycles. The fourth-order valence-electron chi connectivity index (χ4n) is 1.49. The van der Waals surface area contributed by atoms with Gasteiger partial charge in [-0.2, -0.15) is 13.2 Å². The minimum atomic E-state index is -4.33. The molecule has 0 spiro atoms. The van der Waals surface area contributed by atoms with Crippen molar-refractivity contribution in [3.8, 4) is 0 Å². The molecule has 1 aromatic rings. The zero-order valence-electron chi connectivity index (χ0n) is 9.01. The van der Waals surface area contributed by atoms with Crippen molar-refractivity contribution in [2.24, 2.45) is 5.73 Å². The lowest BCUT2D eigenvalue weighted by Crippen LogP contribution is -2.13. The molecule has 0 aliphatic rings. The normalized spacial score (nSPS) is 13.6. The van der Waals surface area contributed by atoms with E-state index in [0.717, 1.165) is 6.07 Å². The maximum absolute atomic E-state index is 12.6. The lowest BCUT2D eigenvalue weighted by atomic mass is 9.98. The number of hydrogen-bond donors (Lipinski definition) is 1. The number of rotatable bonds is 3. The van der Waals surface area contributed by atoms with Crippen molar-refractivity contribution < 1.29 is 13.2 Å². The van der Waals surface area contributed by atoms with Gasteiger partial charge >= 0.3 is 6.18 Å². The summed E-state index contributed by atoms with van der Waals surface area (Å²) in [4.78, 5) is 0. The number of aryl methyl sites for hydroxylation is 1. The molecule has 1 atom stereocenters. The van der Waals surface area contributed by atoms with Crippen LogP contribution >= 0.6 is 0 Å². The minimum Gasteiger partial charge on any atom is -0.324 e. The second kappa shape index (κ2) is 4.70. The SMILES string of the molecule is C=CC[C@H](N)c1ccc(C)c(C(F)(F)F)c1. The molecule has 0 heterocycles. The first-order valence-electron chi connectivity index (χ1n) is 4.90. The van der Waals surface area contributed by atoms with Crippen molar-refractivity contribution in [1.29, 1.82) is 0 Å². The second-order valence-corrected chi connectivity index (χ2v) is 3.70. The molecule has 0 aliphatic heterocycles. The first-order valence-corrected chi connectivity index (χ1v) is 4.90. The minimum absolute atomic E-state index is 0.210. The summed E-state index contributed by atoms with van der Waals surface area (Å²) in [7, 11) is 0. The molecular formula is C12H14F3N. The molecule has 0 aliphatic carbocycles. The largest absolute Gasteiger partial charge is 0.416 e. The highest BCUT2D eigenvalue weighted by Gasteiger charge is 2.32. The first kappa shape index (κ1) is 12.8. The van der Waals surface area contributed by atoms with Crippen molar-refractivity contribution >= 4 is 0 Å². The van der Waals surface area contributed by atoms with Crippen molar-refractivity contribution in [2.45, 2.75) is 25.6 Å². The summed E-state index contributed by atoms with van der Waals surface area (Å²) in [6, 6.07) is 3.75. The number of nitrogens with two attached hydrogens (primary N) is 1. The molecule has 1 aromatic carbocycles. The van der Waals surface area contributed by atoms with Crippen LogP contribution in [0.1, 0.15) is 29.2 Å². The number of halogens is 3. The lowest BCUT2D eigenvalue weighted by Gasteiger charge is -2.15. The molecule has 1 nitrogen and oxygen atoms in total. The van der Waals surface area contributed by atoms with E-state index >= 15 is 0 Å². The molecule has 1 rings (SSSR count). The van der Waals surface area contributed by atoms with Crippen LogP contribution < -0.4 is 5.73 Å². The standard InChI is InChI=1S/C12H14F3N/c1-3-4-11(16)9-6-5-8(2)10(7-9)12(13,14)15/h3,5-7,11H,1,4,16H2,2H3/t11-/m0/s1. The predicted octanol–water partition coefficient (Wildman–Crippen LogP) is 3.59. The number of hydrogen-bond acceptors (Lipinski definition) is 1. The zero-order chi connectivity index (χ0) is 12.3. The molecule has 0 radical (unpaired) electrons. The summed E-state index contributed by atoms with van der Waals surface area (Å²) in [5.74, 6) is 0. The van der Waals surface area contributed by atoms with E-state index in [9.17, 15) is 13.2 Å². The Labute approximate surface area is 92.8 Å². The maximum Gasteiger partial charge on any atom is 0.416 e. The van der Waals surface area contributed by atoms with Crippen LogP contribution in [-0.2, 0) is 6.18 Å². The third kappa shape index (κ3) is 2.85. The van der Waals surface area contributed by atoms with Crippen LogP contribution in [0.4, 0.5) is 13.2 Å². The quantitative estimate of drug-likeness (QED) is 0.787. The average molecular weight is 229 g/mol. The van der Waals surface area contributed by atoms with Gasteiger partial charge in [-0.15, -0.1) is 6.58 Å². The van der Waals surface area contributed by atoms with Crippen LogP contribution in [0.5, 0.6) is 0 Å². The number of benzene rings is 1. The monoisotopic (exact) mass is 229 g/mol. The molecule has 4 heteroatoms. The highest BCUT2D eigenvalue weighted by atomic mass is 19.4. The van der Waals surface area contributed by atoms with Crippen LogP contribution in [0.3, 0.4) is 0 Å². The molecular weight excluding hydrogens is 215 g/mol. The van der Waals surface area contributed by atoms with Gasteiger partial charge in [-0.25, -0.2) is 0 Å². The maximum atomic E-state index is 12.6. The van der Waals surface area contributed by atoms with E-state index in [1.165, 1.54) is 13.0 Å². The molecule has 16 heavy (non-hydrogen) atoms. The highest BCUT2D eigenvalue weighted by Crippen LogP contribution is 2.33. The van der Waals surface area contributed by atoms with Crippen LogP contribution in [-0.4, -0.2) is 0 Å². The molecule has 0 saturated heterocycles. The smallest absolute Gasteiger partial charge is 0.324 e. The van der Waals surface area contributed by atoms with E-state index in [2.05, 4.69) is 6.58 Å². The van der Waals surface area contributed by atoms with E-state index < -0.39 is 17.8 Å². The van der Waals surface area contributed by atoms with Gasteiger partial charge in [0.15, 0.2) is 0 Å². The van der Waals surface area contributed by atoms with Crippen molar-refractivity contribution in [1.82, 2.24) is 0 Å². The van der Waals surface area contributed by atoms with Gasteiger partial charge in [0, 0.05) is 6.04 Å². The van der Waals surface area contributed by atoms with Gasteiger partial charge in [0.05, 0.1) is 5.56 Å². The molecule has 0 aromatic heterocycles. The van der Waals surface area contributed by atoms with Gasteiger partial charge < -0.3 is 5.73 Å². The Bertz CT molecular complexity index is 382. The molecule has 88 valence electrons. The summed E-state index contributed by atoms with van der Waals surface area (Å²) in [5, 5.41) is 0. The van der Waals surface area contributed by atoms with Gasteiger partial charge in [0.1, 0.15) is 0 Å². The van der Waals surface area contributed by atoms with Crippen LogP contribution in [0, 0.1) is 6.92 Å². The third-order valence-corrected chi connectivity index (χ3v) is 2.42. The van der Waals surface area contributed by atoms with Gasteiger partial charge in [0.2, 0.25) is 0 Å². The summed E-state index contributed by atoms with van der Waals surface area (Å²) in [6.45, 7) is 4.95. The van der Waals surface area contributed by atoms with E-state index in [0.29, 0.717) is 12.0 Å². The Balaban J connectivity index is 3.12. The summed E-state index contributed by atoms with van der Waals surface area (Å²) in [6.07, 6.45) is -2.27. The van der Waals surface area contributed by atoms with Gasteiger partial charge in [-0.05, 0) is 30.5 Å². The molecule has 0 bridgehead atoms. The Morgan fingerprint density at radius 2 is 2.06 bits per heavy atom. The third-order valence-electron chi connectivity index (χ3n) is 2.42. The first-order chi connectivity index (χ1) is 7.36. The Kier molecular flexibility index (Phi) is 3.75. The molecule has 0 fully saturated rings. The zero-order valence-corrected chi connectivity index (χ0v) is 9.01. The Hall–Kier alpha value is -1.29. The fourth-order valence-corrected chi connectivity index (χ4v) is 1.49. The Morgan fingerprint density at radius 3 is 2.56 bits per heavy atom. The van der Waals surface area contributed by atoms with Gasteiger partial charge in [-0.1, -0.05) is 18.2 Å². The second-order valence-electron chi connectivity index (χ2n) is 3.70. The van der Waals surface area contributed by atoms with E-state index in [1.807, 2.05) is 0 Å². The summed E-state index contributed by atoms with van der Waals surface area (Å²) < 4.78 is 37.9. The predicted molar refractivity (Wildman–Crippen MR) is 57.9 cm³/mol. The molecule has 2 N–H and O–H groups in total. The summed E-state index contributed by atoms with van der Waals surface area (Å²) >= 11 is 0. The average Bonchev–Trinajstić information content (AvgIpc) is 2.16. The van der Waals surface area contributed by atoms with Crippen molar-refractivity contribution in [3.63, 3.8) is 0 Å². The molecule has 0 amide bonds. The van der Waals surface area contributed by atoms with E-state index in [4.69, 9.17) is 5.73 Å². The van der Waals surface area contributed by atoms with Gasteiger partial charge in [-0.3, -0.25) is 0 Å². The molecule has 0 unspecified atom stereocenters. The van der Waals surface area contributed by atoms with E-state index in [1.54, 1.807) is 12.1 Å². The van der Waals surface area contributed by atoms with Gasteiger partial charge in [0.25, 0.3) is 0 Å². The topological polar surface area (TPSA) is 26.0 Å². The van der Waals surface area contributed by atoms with E-state index in [-0.39, 0.29) is 5.56 Å². The number of alkyl halides is 3. The highest BCUT2D eigenvalue weighted by molar-refractivity contribution is 5.34. The van der Waals surface area contributed by atoms with Crippen molar-refractivity contribution in [3.05, 3.63) is 47.5 Å². The van der Waals surface area contributed by atoms with Crippen LogP contribution in [0.2, 0.25) is 0 Å². The van der Waals surface area contributed by atoms with Crippen LogP contribution in [0.25, 0.3) is 0 Å². The fraction of sp³-hybridized carbons (Fsp3) is 0.333.